The maximum Gasteiger partial charge on any atom is 0.330 e. The topological polar surface area (TPSA) is 73.1 Å². The van der Waals surface area contributed by atoms with E-state index in [-0.39, 0.29) is 5.56 Å². The summed E-state index contributed by atoms with van der Waals surface area (Å²) in [4.78, 5) is 35.8. The molecule has 6 nitrogen and oxygen atoms in total. The summed E-state index contributed by atoms with van der Waals surface area (Å²) in [5.74, 6) is -0.583. The van der Waals surface area contributed by atoms with E-state index in [0.717, 1.165) is 4.57 Å². The van der Waals surface area contributed by atoms with Gasteiger partial charge >= 0.3 is 5.69 Å². The molecule has 0 saturated carbocycles. The van der Waals surface area contributed by atoms with Gasteiger partial charge in [-0.05, 0) is 18.6 Å². The second kappa shape index (κ2) is 5.44. The summed E-state index contributed by atoms with van der Waals surface area (Å²) >= 11 is 0. The van der Waals surface area contributed by atoms with Crippen LogP contribution >= 0.6 is 0 Å². The van der Waals surface area contributed by atoms with Crippen LogP contribution in [0.25, 0.3) is 0 Å². The third kappa shape index (κ3) is 2.67. The molecule has 7 heteroatoms. The average molecular weight is 283 g/mol. The Morgan fingerprint density at radius 1 is 1.24 bits per heavy atom. The number of aromatic nitrogens is 2. The highest BCUT2D eigenvalue weighted by Crippen LogP contribution is 2.11. The smallest absolute Gasteiger partial charge is 0.322 e. The first-order valence-corrected chi connectivity index (χ1v) is 6.26. The van der Waals surface area contributed by atoms with Crippen LogP contribution in [0.4, 0.5) is 5.69 Å². The van der Waals surface area contributed by atoms with E-state index in [1.807, 2.05) is 0 Å². The first-order chi connectivity index (χ1) is 9.82. The SMILES string of the molecule is [B]c1cccc(NC(=O)c2cn(C)c(=O)n(C)c2=O)c1C. The van der Waals surface area contributed by atoms with Crippen molar-refractivity contribution in [3.05, 3.63) is 56.4 Å². The molecule has 2 rings (SSSR count). The van der Waals surface area contributed by atoms with Crippen LogP contribution in [0.3, 0.4) is 0 Å². The third-order valence-corrected chi connectivity index (χ3v) is 3.31. The van der Waals surface area contributed by atoms with Crippen molar-refractivity contribution in [3.8, 4) is 0 Å². The number of carbonyl (C=O) groups is 1. The van der Waals surface area contributed by atoms with Crippen molar-refractivity contribution in [1.82, 2.24) is 9.13 Å². The molecule has 0 aliphatic heterocycles. The van der Waals surface area contributed by atoms with E-state index in [0.29, 0.717) is 16.7 Å². The van der Waals surface area contributed by atoms with Gasteiger partial charge in [0.1, 0.15) is 13.4 Å². The number of anilines is 1. The Kier molecular flexibility index (Phi) is 3.84. The molecule has 0 aliphatic rings. The van der Waals surface area contributed by atoms with Crippen molar-refractivity contribution in [2.45, 2.75) is 6.92 Å². The fourth-order valence-corrected chi connectivity index (χ4v) is 1.94. The van der Waals surface area contributed by atoms with Crippen LogP contribution in [0.2, 0.25) is 0 Å². The number of benzene rings is 1. The summed E-state index contributed by atoms with van der Waals surface area (Å²) in [6.07, 6.45) is 1.22. The maximum absolute atomic E-state index is 12.2. The van der Waals surface area contributed by atoms with Crippen LogP contribution in [-0.2, 0) is 14.1 Å². The third-order valence-electron chi connectivity index (χ3n) is 3.31. The summed E-state index contributed by atoms with van der Waals surface area (Å²) in [6.45, 7) is 1.77. The second-order valence-electron chi connectivity index (χ2n) is 4.77. The Morgan fingerprint density at radius 2 is 1.90 bits per heavy atom. The van der Waals surface area contributed by atoms with Gasteiger partial charge in [0.25, 0.3) is 11.5 Å². The molecule has 0 spiro atoms. The molecule has 0 unspecified atom stereocenters. The van der Waals surface area contributed by atoms with Crippen molar-refractivity contribution in [2.24, 2.45) is 14.1 Å². The number of rotatable bonds is 2. The Bertz CT molecular complexity index is 836. The molecule has 0 aliphatic carbocycles. The number of amides is 1. The quantitative estimate of drug-likeness (QED) is 0.751. The van der Waals surface area contributed by atoms with Crippen LogP contribution < -0.4 is 22.0 Å². The lowest BCUT2D eigenvalue weighted by atomic mass is 9.90. The standard InChI is InChI=1S/C14H14BN3O3/c1-8-10(15)5-4-6-11(8)16-12(19)9-7-17(2)14(21)18(3)13(9)20/h4-7H,1-3H3,(H,16,19). The highest BCUT2D eigenvalue weighted by atomic mass is 16.2. The monoisotopic (exact) mass is 283 g/mol. The highest BCUT2D eigenvalue weighted by Gasteiger charge is 2.15. The van der Waals surface area contributed by atoms with Gasteiger partial charge in [0.2, 0.25) is 0 Å². The van der Waals surface area contributed by atoms with E-state index in [1.54, 1.807) is 25.1 Å². The first-order valence-electron chi connectivity index (χ1n) is 6.26. The molecular weight excluding hydrogens is 269 g/mol. The van der Waals surface area contributed by atoms with Gasteiger partial charge in [-0.25, -0.2) is 4.79 Å². The fraction of sp³-hybridized carbons (Fsp3) is 0.214. The minimum atomic E-state index is -0.642. The molecule has 2 aromatic rings. The normalized spacial score (nSPS) is 10.4. The lowest BCUT2D eigenvalue weighted by Crippen LogP contribution is -2.40. The molecule has 0 atom stereocenters. The molecule has 106 valence electrons. The minimum Gasteiger partial charge on any atom is -0.322 e. The number of nitrogens with one attached hydrogen (secondary N) is 1. The predicted molar refractivity (Wildman–Crippen MR) is 81.4 cm³/mol. The fourth-order valence-electron chi connectivity index (χ4n) is 1.94. The van der Waals surface area contributed by atoms with E-state index in [2.05, 4.69) is 5.32 Å². The van der Waals surface area contributed by atoms with E-state index in [4.69, 9.17) is 7.85 Å². The second-order valence-corrected chi connectivity index (χ2v) is 4.77. The molecule has 1 amide bonds. The van der Waals surface area contributed by atoms with Crippen molar-refractivity contribution < 1.29 is 4.79 Å². The average Bonchev–Trinajstić information content (AvgIpc) is 2.45. The summed E-state index contributed by atoms with van der Waals surface area (Å²) in [5, 5.41) is 2.63. The molecular formula is C14H14BN3O3. The zero-order valence-electron chi connectivity index (χ0n) is 12.0. The van der Waals surface area contributed by atoms with Gasteiger partial charge in [-0.2, -0.15) is 0 Å². The molecule has 1 aromatic heterocycles. The van der Waals surface area contributed by atoms with E-state index < -0.39 is 17.2 Å². The number of hydrogen-bond acceptors (Lipinski definition) is 3. The van der Waals surface area contributed by atoms with Gasteiger partial charge in [0, 0.05) is 26.0 Å². The summed E-state index contributed by atoms with van der Waals surface area (Å²) in [7, 11) is 8.57. The van der Waals surface area contributed by atoms with Crippen LogP contribution in [0.5, 0.6) is 0 Å². The Morgan fingerprint density at radius 3 is 2.57 bits per heavy atom. The number of hydrogen-bond donors (Lipinski definition) is 1. The van der Waals surface area contributed by atoms with Gasteiger partial charge in [-0.1, -0.05) is 17.6 Å². The van der Waals surface area contributed by atoms with Crippen LogP contribution in [-0.4, -0.2) is 22.9 Å². The molecule has 1 N–H and O–H groups in total. The van der Waals surface area contributed by atoms with Gasteiger partial charge in [-0.3, -0.25) is 14.2 Å². The molecule has 1 heterocycles. The zero-order chi connectivity index (χ0) is 15.7. The predicted octanol–water partition coefficient (Wildman–Crippen LogP) is -0.561. The van der Waals surface area contributed by atoms with Crippen molar-refractivity contribution >= 4 is 24.9 Å². The number of nitrogens with zero attached hydrogens (tertiary/aromatic N) is 2. The van der Waals surface area contributed by atoms with E-state index in [9.17, 15) is 14.4 Å². The largest absolute Gasteiger partial charge is 0.330 e. The van der Waals surface area contributed by atoms with Gasteiger partial charge in [-0.15, -0.1) is 0 Å². The van der Waals surface area contributed by atoms with Crippen LogP contribution in [0.15, 0.2) is 34.0 Å². The summed E-state index contributed by atoms with van der Waals surface area (Å²) in [5.41, 5.74) is 0.542. The molecule has 0 bridgehead atoms. The molecule has 2 radical (unpaired) electrons. The van der Waals surface area contributed by atoms with Crippen molar-refractivity contribution in [3.63, 3.8) is 0 Å². The molecule has 21 heavy (non-hydrogen) atoms. The zero-order valence-corrected chi connectivity index (χ0v) is 12.0. The molecule has 1 aromatic carbocycles. The number of carbonyl (C=O) groups excluding carboxylic acids is 1. The van der Waals surface area contributed by atoms with Crippen LogP contribution in [0.1, 0.15) is 15.9 Å². The molecule has 0 fully saturated rings. The van der Waals surface area contributed by atoms with Crippen LogP contribution in [0, 0.1) is 6.92 Å². The van der Waals surface area contributed by atoms with Gasteiger partial charge < -0.3 is 9.88 Å². The lowest BCUT2D eigenvalue weighted by Gasteiger charge is -2.11. The lowest BCUT2D eigenvalue weighted by molar-refractivity contribution is 0.102. The van der Waals surface area contributed by atoms with E-state index >= 15 is 0 Å². The highest BCUT2D eigenvalue weighted by molar-refractivity contribution is 6.33. The van der Waals surface area contributed by atoms with Gasteiger partial charge in [0.05, 0.1) is 0 Å². The van der Waals surface area contributed by atoms with Crippen molar-refractivity contribution in [1.29, 1.82) is 0 Å². The Balaban J connectivity index is 2.45. The Hall–Kier alpha value is -2.57. The van der Waals surface area contributed by atoms with Gasteiger partial charge in [0.15, 0.2) is 0 Å². The molecule has 0 saturated heterocycles. The Labute approximate surface area is 122 Å². The minimum absolute atomic E-state index is 0.110. The first kappa shape index (κ1) is 14.8. The maximum atomic E-state index is 12.2. The summed E-state index contributed by atoms with van der Waals surface area (Å²) in [6, 6.07) is 5.11. The number of aryl methyl sites for hydroxylation is 1. The summed E-state index contributed by atoms with van der Waals surface area (Å²) < 4.78 is 2.07. The van der Waals surface area contributed by atoms with Crippen molar-refractivity contribution in [2.75, 3.05) is 5.32 Å². The van der Waals surface area contributed by atoms with E-state index in [1.165, 1.54) is 24.9 Å².